The summed E-state index contributed by atoms with van der Waals surface area (Å²) in [6.07, 6.45) is 5.31. The fourth-order valence-electron chi connectivity index (χ4n) is 5.15. The number of para-hydroxylation sites is 3. The second-order valence-corrected chi connectivity index (χ2v) is 8.99. The number of allylic oxidation sites excluding steroid dienone is 4. The van der Waals surface area contributed by atoms with Crippen molar-refractivity contribution in [1.29, 1.82) is 0 Å². The van der Waals surface area contributed by atoms with Gasteiger partial charge in [0, 0.05) is 27.5 Å². The molecule has 6 aromatic rings. The van der Waals surface area contributed by atoms with Crippen LogP contribution in [0.5, 0.6) is 11.5 Å². The van der Waals surface area contributed by atoms with Crippen LogP contribution in [0.25, 0.3) is 55.8 Å². The normalized spacial score (nSPS) is 12.3. The highest BCUT2D eigenvalue weighted by Crippen LogP contribution is 2.47. The van der Waals surface area contributed by atoms with Crippen LogP contribution in [0.15, 0.2) is 122 Å². The predicted octanol–water partition coefficient (Wildman–Crippen LogP) is 8.16. The number of hydrogen-bond acceptors (Lipinski definition) is 4. The predicted molar refractivity (Wildman–Crippen MR) is 153 cm³/mol. The van der Waals surface area contributed by atoms with Crippen LogP contribution < -0.4 is 4.74 Å². The summed E-state index contributed by atoms with van der Waals surface area (Å²) in [6.45, 7) is 7.82. The zero-order valence-corrected chi connectivity index (χ0v) is 20.5. The van der Waals surface area contributed by atoms with Gasteiger partial charge in [0.2, 0.25) is 0 Å². The molecule has 180 valence electrons. The van der Waals surface area contributed by atoms with E-state index in [1.54, 1.807) is 12.2 Å². The third-order valence-corrected chi connectivity index (χ3v) is 6.79. The van der Waals surface area contributed by atoms with Gasteiger partial charge in [-0.3, -0.25) is 0 Å². The van der Waals surface area contributed by atoms with Gasteiger partial charge >= 0.3 is 0 Å². The molecule has 0 atom stereocenters. The Morgan fingerprint density at radius 1 is 0.737 bits per heavy atom. The zero-order valence-electron chi connectivity index (χ0n) is 20.5. The first-order valence-electron chi connectivity index (χ1n) is 12.4. The van der Waals surface area contributed by atoms with Crippen molar-refractivity contribution < 1.29 is 4.74 Å². The van der Waals surface area contributed by atoms with Crippen LogP contribution in [0.2, 0.25) is 0 Å². The maximum absolute atomic E-state index is 6.30. The molecule has 5 nitrogen and oxygen atoms in total. The van der Waals surface area contributed by atoms with Gasteiger partial charge in [-0.2, -0.15) is 0 Å². The van der Waals surface area contributed by atoms with Crippen LogP contribution in [0.1, 0.15) is 5.82 Å². The fourth-order valence-corrected chi connectivity index (χ4v) is 5.15. The standard InChI is InChI=1S/C33H22N4O/c1-3-12-21(4-2)31-34-32(22-13-6-5-7-14-22)36-33(35-31)24-16-10-18-26-29(24)23-15-11-20-28-30(23)37(26)25-17-8-9-19-27(25)38-28/h3-20H,1-2H2/b21-12+. The second-order valence-electron chi connectivity index (χ2n) is 8.99. The van der Waals surface area contributed by atoms with E-state index in [4.69, 9.17) is 19.7 Å². The zero-order chi connectivity index (χ0) is 25.6. The summed E-state index contributed by atoms with van der Waals surface area (Å²) in [7, 11) is 0. The van der Waals surface area contributed by atoms with Gasteiger partial charge in [-0.05, 0) is 24.3 Å². The molecule has 0 bridgehead atoms. The van der Waals surface area contributed by atoms with Gasteiger partial charge in [0.05, 0.1) is 16.7 Å². The second kappa shape index (κ2) is 8.68. The molecule has 0 N–H and O–H groups in total. The van der Waals surface area contributed by atoms with Crippen LogP contribution in [0.3, 0.4) is 0 Å². The summed E-state index contributed by atoms with van der Waals surface area (Å²) in [4.78, 5) is 14.7. The maximum atomic E-state index is 6.30. The Morgan fingerprint density at radius 2 is 1.50 bits per heavy atom. The van der Waals surface area contributed by atoms with Crippen LogP contribution >= 0.6 is 0 Å². The number of fused-ring (bicyclic) bond motifs is 5. The van der Waals surface area contributed by atoms with Crippen LogP contribution in [0.4, 0.5) is 0 Å². The lowest BCUT2D eigenvalue weighted by Gasteiger charge is -2.20. The Labute approximate surface area is 219 Å². The highest BCUT2D eigenvalue weighted by molar-refractivity contribution is 6.17. The first-order chi connectivity index (χ1) is 18.8. The molecular weight excluding hydrogens is 468 g/mol. The lowest BCUT2D eigenvalue weighted by molar-refractivity contribution is 0.476. The number of aromatic nitrogens is 4. The average molecular weight is 491 g/mol. The summed E-state index contributed by atoms with van der Waals surface area (Å²) in [6, 6.07) is 30.5. The summed E-state index contributed by atoms with van der Waals surface area (Å²) in [5.74, 6) is 3.39. The monoisotopic (exact) mass is 490 g/mol. The van der Waals surface area contributed by atoms with Gasteiger partial charge in [-0.25, -0.2) is 15.0 Å². The number of rotatable bonds is 5. The molecular formula is C33H22N4O. The highest BCUT2D eigenvalue weighted by atomic mass is 16.5. The Hall–Kier alpha value is -5.29. The molecule has 0 saturated heterocycles. The Morgan fingerprint density at radius 3 is 2.34 bits per heavy atom. The molecule has 0 fully saturated rings. The molecule has 4 aromatic carbocycles. The molecule has 5 heteroatoms. The number of benzene rings is 4. The van der Waals surface area contributed by atoms with Crippen LogP contribution in [0, 0.1) is 0 Å². The van der Waals surface area contributed by atoms with Crippen LogP contribution in [-0.4, -0.2) is 19.5 Å². The van der Waals surface area contributed by atoms with E-state index in [1.807, 2.05) is 66.7 Å². The molecule has 7 rings (SSSR count). The van der Waals surface area contributed by atoms with E-state index >= 15 is 0 Å². The SMILES string of the molecule is C=C/C=C(\C=C)c1nc(-c2ccccc2)nc(-c2cccc3c2c2cccc4c2n3-c2ccccc2O4)n1. The van der Waals surface area contributed by atoms with Crippen molar-refractivity contribution in [2.24, 2.45) is 0 Å². The lowest BCUT2D eigenvalue weighted by atomic mass is 10.0. The molecule has 2 aromatic heterocycles. The van der Waals surface area contributed by atoms with Crippen molar-refractivity contribution in [1.82, 2.24) is 19.5 Å². The van der Waals surface area contributed by atoms with Crippen LogP contribution in [-0.2, 0) is 0 Å². The first kappa shape index (κ1) is 21.9. The topological polar surface area (TPSA) is 52.8 Å². The fraction of sp³-hybridized carbons (Fsp3) is 0. The van der Waals surface area contributed by atoms with Gasteiger partial charge < -0.3 is 9.30 Å². The summed E-state index contributed by atoms with van der Waals surface area (Å²) in [5, 5.41) is 2.14. The Kier molecular flexibility index (Phi) is 5.01. The molecule has 3 heterocycles. The molecule has 0 unspecified atom stereocenters. The lowest BCUT2D eigenvalue weighted by Crippen LogP contribution is -2.03. The smallest absolute Gasteiger partial charge is 0.164 e. The van der Waals surface area contributed by atoms with E-state index in [-0.39, 0.29) is 0 Å². The van der Waals surface area contributed by atoms with Gasteiger partial charge in [0.1, 0.15) is 0 Å². The van der Waals surface area contributed by atoms with Gasteiger partial charge in [-0.1, -0.05) is 98.1 Å². The largest absolute Gasteiger partial charge is 0.453 e. The number of hydrogen-bond donors (Lipinski definition) is 0. The first-order valence-corrected chi connectivity index (χ1v) is 12.4. The third kappa shape index (κ3) is 3.29. The average Bonchev–Trinajstić information content (AvgIpc) is 3.32. The molecule has 1 aliphatic rings. The molecule has 0 radical (unpaired) electrons. The van der Waals surface area contributed by atoms with Crippen molar-refractivity contribution in [2.45, 2.75) is 0 Å². The minimum absolute atomic E-state index is 0.545. The van der Waals surface area contributed by atoms with Crippen molar-refractivity contribution in [3.63, 3.8) is 0 Å². The summed E-state index contributed by atoms with van der Waals surface area (Å²) < 4.78 is 8.58. The minimum atomic E-state index is 0.545. The molecule has 0 saturated carbocycles. The van der Waals surface area contributed by atoms with Gasteiger partial charge in [-0.15, -0.1) is 0 Å². The third-order valence-electron chi connectivity index (χ3n) is 6.79. The Bertz CT molecular complexity index is 1930. The van der Waals surface area contributed by atoms with Crippen molar-refractivity contribution in [3.05, 3.63) is 128 Å². The molecule has 0 amide bonds. The van der Waals surface area contributed by atoms with E-state index in [9.17, 15) is 0 Å². The van der Waals surface area contributed by atoms with E-state index < -0.39 is 0 Å². The van der Waals surface area contributed by atoms with Crippen molar-refractivity contribution in [3.8, 4) is 40.0 Å². The van der Waals surface area contributed by atoms with Crippen molar-refractivity contribution >= 4 is 27.4 Å². The summed E-state index contributed by atoms with van der Waals surface area (Å²) in [5.41, 5.74) is 5.71. The maximum Gasteiger partial charge on any atom is 0.164 e. The highest BCUT2D eigenvalue weighted by Gasteiger charge is 2.25. The molecule has 38 heavy (non-hydrogen) atoms. The van der Waals surface area contributed by atoms with E-state index in [0.717, 1.165) is 55.7 Å². The van der Waals surface area contributed by atoms with Gasteiger partial charge in [0.15, 0.2) is 29.0 Å². The minimum Gasteiger partial charge on any atom is -0.453 e. The molecule has 0 aliphatic carbocycles. The Balaban J connectivity index is 1.57. The molecule has 1 aliphatic heterocycles. The van der Waals surface area contributed by atoms with Crippen molar-refractivity contribution in [2.75, 3.05) is 0 Å². The quantitative estimate of drug-likeness (QED) is 0.228. The summed E-state index contributed by atoms with van der Waals surface area (Å²) >= 11 is 0. The van der Waals surface area contributed by atoms with E-state index in [0.29, 0.717) is 17.5 Å². The van der Waals surface area contributed by atoms with E-state index in [1.165, 1.54) is 0 Å². The number of nitrogens with zero attached hydrogens (tertiary/aromatic N) is 4. The van der Waals surface area contributed by atoms with Gasteiger partial charge in [0.25, 0.3) is 0 Å². The van der Waals surface area contributed by atoms with E-state index in [2.05, 4.69) is 48.1 Å². The number of ether oxygens (including phenoxy) is 1. The molecule has 0 spiro atoms.